The number of aryl methyl sites for hydroxylation is 1. The van der Waals surface area contributed by atoms with Crippen molar-refractivity contribution in [3.05, 3.63) is 70.9 Å². The molecule has 0 saturated carbocycles. The van der Waals surface area contributed by atoms with Crippen molar-refractivity contribution in [2.75, 3.05) is 10.2 Å². The topological polar surface area (TPSA) is 49.4 Å². The standard InChI is InChI=1S/C17H13ClN2O2/c1-11-6-5-9-13(10-11)20-16(21)14(18)15(17(20)22)19-12-7-3-2-4-8-12/h2-10,19H,1H3. The fraction of sp³-hybridized carbons (Fsp3) is 0.0588. The van der Waals surface area contributed by atoms with Gasteiger partial charge in [0.05, 0.1) is 5.69 Å². The predicted octanol–water partition coefficient (Wildman–Crippen LogP) is 3.43. The number of para-hydroxylation sites is 1. The lowest BCUT2D eigenvalue weighted by Crippen LogP contribution is -2.32. The number of hydrogen-bond acceptors (Lipinski definition) is 3. The van der Waals surface area contributed by atoms with Gasteiger partial charge in [-0.25, -0.2) is 4.90 Å². The van der Waals surface area contributed by atoms with Crippen LogP contribution < -0.4 is 10.2 Å². The third-order valence-corrected chi connectivity index (χ3v) is 3.68. The molecular weight excluding hydrogens is 300 g/mol. The molecule has 4 nitrogen and oxygen atoms in total. The zero-order valence-corrected chi connectivity index (χ0v) is 12.6. The molecular formula is C17H13ClN2O2. The minimum absolute atomic E-state index is 0.0966. The third kappa shape index (κ3) is 2.49. The van der Waals surface area contributed by atoms with Crippen LogP contribution in [0.5, 0.6) is 0 Å². The molecule has 0 aromatic heterocycles. The molecule has 1 aliphatic rings. The SMILES string of the molecule is Cc1cccc(N2C(=O)C(Cl)=C(Nc3ccccc3)C2=O)c1. The van der Waals surface area contributed by atoms with Gasteiger partial charge in [0.2, 0.25) is 0 Å². The first-order valence-electron chi connectivity index (χ1n) is 6.75. The van der Waals surface area contributed by atoms with Gasteiger partial charge in [-0.05, 0) is 36.8 Å². The summed E-state index contributed by atoms with van der Waals surface area (Å²) in [6.45, 7) is 1.90. The maximum Gasteiger partial charge on any atom is 0.283 e. The number of carbonyl (C=O) groups excluding carboxylic acids is 2. The highest BCUT2D eigenvalue weighted by Crippen LogP contribution is 2.30. The Labute approximate surface area is 133 Å². The number of imide groups is 1. The van der Waals surface area contributed by atoms with E-state index in [4.69, 9.17) is 11.6 Å². The van der Waals surface area contributed by atoms with Crippen molar-refractivity contribution in [2.45, 2.75) is 6.92 Å². The van der Waals surface area contributed by atoms with Crippen LogP contribution in [0.25, 0.3) is 0 Å². The van der Waals surface area contributed by atoms with E-state index in [1.807, 2.05) is 31.2 Å². The van der Waals surface area contributed by atoms with E-state index >= 15 is 0 Å². The van der Waals surface area contributed by atoms with Crippen molar-refractivity contribution < 1.29 is 9.59 Å². The molecule has 3 rings (SSSR count). The van der Waals surface area contributed by atoms with E-state index in [9.17, 15) is 9.59 Å². The fourth-order valence-electron chi connectivity index (χ4n) is 2.28. The molecule has 1 aliphatic heterocycles. The highest BCUT2D eigenvalue weighted by atomic mass is 35.5. The van der Waals surface area contributed by atoms with Crippen molar-refractivity contribution in [1.82, 2.24) is 0 Å². The van der Waals surface area contributed by atoms with Gasteiger partial charge in [-0.2, -0.15) is 0 Å². The number of hydrogen-bond donors (Lipinski definition) is 1. The Bertz CT molecular complexity index is 784. The highest BCUT2D eigenvalue weighted by molar-refractivity contribution is 6.53. The molecule has 5 heteroatoms. The molecule has 0 radical (unpaired) electrons. The maximum atomic E-state index is 12.5. The van der Waals surface area contributed by atoms with Crippen LogP contribution in [-0.2, 0) is 9.59 Å². The highest BCUT2D eigenvalue weighted by Gasteiger charge is 2.38. The molecule has 1 N–H and O–H groups in total. The van der Waals surface area contributed by atoms with Crippen molar-refractivity contribution in [2.24, 2.45) is 0 Å². The second kappa shape index (κ2) is 5.66. The van der Waals surface area contributed by atoms with Crippen molar-refractivity contribution >= 4 is 34.8 Å². The molecule has 0 atom stereocenters. The summed E-state index contributed by atoms with van der Waals surface area (Å²) in [5.74, 6) is -0.972. The summed E-state index contributed by atoms with van der Waals surface area (Å²) in [6.07, 6.45) is 0. The molecule has 2 aromatic carbocycles. The molecule has 2 amide bonds. The molecule has 0 aliphatic carbocycles. The van der Waals surface area contributed by atoms with Crippen molar-refractivity contribution in [3.63, 3.8) is 0 Å². The van der Waals surface area contributed by atoms with Gasteiger partial charge < -0.3 is 5.32 Å². The quantitative estimate of drug-likeness (QED) is 0.883. The number of amides is 2. The number of carbonyl (C=O) groups is 2. The van der Waals surface area contributed by atoms with Gasteiger partial charge in [-0.15, -0.1) is 0 Å². The first-order valence-corrected chi connectivity index (χ1v) is 7.13. The van der Waals surface area contributed by atoms with E-state index in [1.165, 1.54) is 0 Å². The largest absolute Gasteiger partial charge is 0.350 e. The molecule has 0 saturated heterocycles. The van der Waals surface area contributed by atoms with Gasteiger partial charge in [0.15, 0.2) is 0 Å². The Morgan fingerprint density at radius 2 is 1.68 bits per heavy atom. The lowest BCUT2D eigenvalue weighted by Gasteiger charge is -2.15. The zero-order valence-electron chi connectivity index (χ0n) is 11.8. The predicted molar refractivity (Wildman–Crippen MR) is 86.6 cm³/mol. The molecule has 2 aromatic rings. The molecule has 1 heterocycles. The average molecular weight is 313 g/mol. The number of halogens is 1. The van der Waals surface area contributed by atoms with Crippen molar-refractivity contribution in [1.29, 1.82) is 0 Å². The van der Waals surface area contributed by atoms with Crippen LogP contribution in [-0.4, -0.2) is 11.8 Å². The summed E-state index contributed by atoms with van der Waals surface area (Å²) in [6, 6.07) is 16.3. The van der Waals surface area contributed by atoms with Gasteiger partial charge in [0.25, 0.3) is 11.8 Å². The second-order valence-corrected chi connectivity index (χ2v) is 5.34. The molecule has 0 unspecified atom stereocenters. The van der Waals surface area contributed by atoms with E-state index in [2.05, 4.69) is 5.32 Å². The van der Waals surface area contributed by atoms with Crippen LogP contribution in [0.3, 0.4) is 0 Å². The number of anilines is 2. The Morgan fingerprint density at radius 3 is 2.36 bits per heavy atom. The van der Waals surface area contributed by atoms with Gasteiger partial charge in [0.1, 0.15) is 10.7 Å². The number of nitrogens with one attached hydrogen (secondary N) is 1. The van der Waals surface area contributed by atoms with Crippen LogP contribution in [0.4, 0.5) is 11.4 Å². The van der Waals surface area contributed by atoms with Crippen LogP contribution >= 0.6 is 11.6 Å². The molecule has 0 spiro atoms. The first kappa shape index (κ1) is 14.4. The second-order valence-electron chi connectivity index (χ2n) is 4.96. The molecule has 110 valence electrons. The van der Waals surface area contributed by atoms with Crippen LogP contribution in [0, 0.1) is 6.92 Å². The third-order valence-electron chi connectivity index (χ3n) is 3.33. The Morgan fingerprint density at radius 1 is 0.955 bits per heavy atom. The summed E-state index contributed by atoms with van der Waals surface area (Å²) in [5, 5.41) is 2.82. The number of nitrogens with zero attached hydrogens (tertiary/aromatic N) is 1. The normalized spacial score (nSPS) is 14.7. The summed E-state index contributed by atoms with van der Waals surface area (Å²) >= 11 is 6.06. The van der Waals surface area contributed by atoms with Crippen LogP contribution in [0.2, 0.25) is 0 Å². The van der Waals surface area contributed by atoms with E-state index < -0.39 is 11.8 Å². The minimum atomic E-state index is -0.518. The number of rotatable bonds is 3. The maximum absolute atomic E-state index is 12.5. The lowest BCUT2D eigenvalue weighted by molar-refractivity contribution is -0.120. The summed E-state index contributed by atoms with van der Waals surface area (Å²) in [5.41, 5.74) is 2.26. The monoisotopic (exact) mass is 312 g/mol. The van der Waals surface area contributed by atoms with Gasteiger partial charge in [-0.1, -0.05) is 41.9 Å². The van der Waals surface area contributed by atoms with Gasteiger partial charge in [-0.3, -0.25) is 9.59 Å². The van der Waals surface area contributed by atoms with E-state index in [0.717, 1.165) is 10.5 Å². The number of benzene rings is 2. The lowest BCUT2D eigenvalue weighted by atomic mass is 10.2. The van der Waals surface area contributed by atoms with E-state index in [-0.39, 0.29) is 10.7 Å². The van der Waals surface area contributed by atoms with E-state index in [1.54, 1.807) is 30.3 Å². The van der Waals surface area contributed by atoms with Crippen LogP contribution in [0.15, 0.2) is 65.3 Å². The molecule has 0 fully saturated rings. The Kier molecular flexibility index (Phi) is 3.69. The Balaban J connectivity index is 1.93. The summed E-state index contributed by atoms with van der Waals surface area (Å²) in [7, 11) is 0. The van der Waals surface area contributed by atoms with Gasteiger partial charge >= 0.3 is 0 Å². The zero-order chi connectivity index (χ0) is 15.7. The molecule has 0 bridgehead atoms. The smallest absolute Gasteiger partial charge is 0.283 e. The average Bonchev–Trinajstić information content (AvgIpc) is 2.72. The van der Waals surface area contributed by atoms with Gasteiger partial charge in [0, 0.05) is 5.69 Å². The van der Waals surface area contributed by atoms with Crippen LogP contribution in [0.1, 0.15) is 5.56 Å². The summed E-state index contributed by atoms with van der Waals surface area (Å²) < 4.78 is 0. The Hall–Kier alpha value is -2.59. The summed E-state index contributed by atoms with van der Waals surface area (Å²) in [4.78, 5) is 25.9. The fourth-order valence-corrected chi connectivity index (χ4v) is 2.49. The minimum Gasteiger partial charge on any atom is -0.350 e. The van der Waals surface area contributed by atoms with E-state index in [0.29, 0.717) is 11.4 Å². The van der Waals surface area contributed by atoms with Crippen molar-refractivity contribution in [3.8, 4) is 0 Å². The molecule has 22 heavy (non-hydrogen) atoms. The first-order chi connectivity index (χ1) is 10.6.